The predicted molar refractivity (Wildman–Crippen MR) is 101 cm³/mol. The zero-order chi connectivity index (χ0) is 19.0. The molecule has 0 aromatic heterocycles. The highest BCUT2D eigenvalue weighted by Gasteiger charge is 2.61. The normalized spacial score (nSPS) is 46.7. The van der Waals surface area contributed by atoms with Crippen molar-refractivity contribution in [3.63, 3.8) is 0 Å². The zero-order valence-electron chi connectivity index (χ0n) is 16.5. The first kappa shape index (κ1) is 17.8. The second kappa shape index (κ2) is 5.88. The standard InChI is InChI=1S/C22H31NO4/c1-21-12-10-18(24)20(23(25)26)17(21)6-5-14-15-7-8-19(27-13-3-4-13)22(15,2)11-9-16(14)21/h13-16,19H,3-12H2,1-2H3. The molecule has 0 N–H and O–H groups in total. The van der Waals surface area contributed by atoms with Gasteiger partial charge in [-0.05, 0) is 86.4 Å². The first-order valence-corrected chi connectivity index (χ1v) is 10.9. The summed E-state index contributed by atoms with van der Waals surface area (Å²) < 4.78 is 6.43. The Morgan fingerprint density at radius 3 is 2.48 bits per heavy atom. The van der Waals surface area contributed by atoms with Crippen molar-refractivity contribution in [2.24, 2.45) is 28.6 Å². The van der Waals surface area contributed by atoms with Gasteiger partial charge in [0.2, 0.25) is 5.78 Å². The van der Waals surface area contributed by atoms with Crippen molar-refractivity contribution in [3.05, 3.63) is 21.4 Å². The molecule has 4 fully saturated rings. The van der Waals surface area contributed by atoms with E-state index in [2.05, 4.69) is 13.8 Å². The van der Waals surface area contributed by atoms with E-state index in [0.717, 1.165) is 31.3 Å². The average Bonchev–Trinajstić information content (AvgIpc) is 3.37. The summed E-state index contributed by atoms with van der Waals surface area (Å²) in [6.45, 7) is 4.68. The molecule has 0 radical (unpaired) electrons. The number of ether oxygens (including phenoxy) is 1. The van der Waals surface area contributed by atoms with Gasteiger partial charge in [0.05, 0.1) is 17.1 Å². The van der Waals surface area contributed by atoms with Crippen LogP contribution in [0.2, 0.25) is 0 Å². The maximum atomic E-state index is 12.3. The second-order valence-electron chi connectivity index (χ2n) is 10.3. The van der Waals surface area contributed by atoms with Gasteiger partial charge in [0.1, 0.15) is 0 Å². The minimum absolute atomic E-state index is 0.0584. The minimum Gasteiger partial charge on any atom is -0.374 e. The van der Waals surface area contributed by atoms with E-state index in [1.165, 1.54) is 32.1 Å². The fourth-order valence-electron chi connectivity index (χ4n) is 7.51. The number of Topliss-reactive ketones (excluding diaryl/α,β-unsaturated/α-hetero) is 1. The average molecular weight is 373 g/mol. The molecule has 5 aliphatic carbocycles. The molecule has 6 unspecified atom stereocenters. The van der Waals surface area contributed by atoms with Gasteiger partial charge < -0.3 is 4.74 Å². The van der Waals surface area contributed by atoms with Gasteiger partial charge in [-0.1, -0.05) is 13.8 Å². The van der Waals surface area contributed by atoms with Crippen LogP contribution in [0.4, 0.5) is 0 Å². The van der Waals surface area contributed by atoms with Gasteiger partial charge in [0.25, 0.3) is 0 Å². The number of ketones is 1. The molecule has 0 heterocycles. The molecule has 5 aliphatic rings. The van der Waals surface area contributed by atoms with E-state index < -0.39 is 4.92 Å². The van der Waals surface area contributed by atoms with Crippen LogP contribution in [-0.2, 0) is 9.53 Å². The van der Waals surface area contributed by atoms with Crippen molar-refractivity contribution in [3.8, 4) is 0 Å². The molecule has 5 heteroatoms. The lowest BCUT2D eigenvalue weighted by molar-refractivity contribution is -0.422. The van der Waals surface area contributed by atoms with Crippen LogP contribution in [0.3, 0.4) is 0 Å². The molecule has 148 valence electrons. The second-order valence-corrected chi connectivity index (χ2v) is 10.3. The van der Waals surface area contributed by atoms with E-state index in [-0.39, 0.29) is 22.3 Å². The predicted octanol–water partition coefficient (Wildman–Crippen LogP) is 4.67. The molecule has 0 spiro atoms. The van der Waals surface area contributed by atoms with Crippen LogP contribution in [0.1, 0.15) is 78.1 Å². The Kier molecular flexibility index (Phi) is 3.89. The summed E-state index contributed by atoms with van der Waals surface area (Å²) in [5.74, 6) is 1.55. The number of nitrogens with zero attached hydrogens (tertiary/aromatic N) is 1. The van der Waals surface area contributed by atoms with Crippen LogP contribution in [-0.4, -0.2) is 22.9 Å². The molecular weight excluding hydrogens is 342 g/mol. The van der Waals surface area contributed by atoms with Crippen LogP contribution < -0.4 is 0 Å². The number of carbonyl (C=O) groups is 1. The molecule has 0 aliphatic heterocycles. The Morgan fingerprint density at radius 2 is 1.78 bits per heavy atom. The van der Waals surface area contributed by atoms with Crippen LogP contribution in [0.5, 0.6) is 0 Å². The number of fused-ring (bicyclic) bond motifs is 5. The summed E-state index contributed by atoms with van der Waals surface area (Å²) in [7, 11) is 0. The highest BCUT2D eigenvalue weighted by molar-refractivity contribution is 5.95. The molecule has 0 aromatic carbocycles. The molecule has 6 atom stereocenters. The Hall–Kier alpha value is -1.23. The van der Waals surface area contributed by atoms with Crippen LogP contribution in [0, 0.1) is 38.7 Å². The van der Waals surface area contributed by atoms with Crippen LogP contribution in [0.25, 0.3) is 0 Å². The quantitative estimate of drug-likeness (QED) is 0.532. The van der Waals surface area contributed by atoms with Gasteiger partial charge >= 0.3 is 5.70 Å². The zero-order valence-corrected chi connectivity index (χ0v) is 16.5. The maximum Gasteiger partial charge on any atom is 0.311 e. The lowest BCUT2D eigenvalue weighted by atomic mass is 9.47. The van der Waals surface area contributed by atoms with Gasteiger partial charge in [-0.2, -0.15) is 0 Å². The molecule has 0 amide bonds. The maximum absolute atomic E-state index is 12.3. The number of allylic oxidation sites excluding steroid dienone is 1. The number of hydrogen-bond donors (Lipinski definition) is 0. The van der Waals surface area contributed by atoms with Gasteiger partial charge in [0.15, 0.2) is 0 Å². The highest BCUT2D eigenvalue weighted by Crippen LogP contribution is 2.66. The SMILES string of the molecule is CC12CCC(=O)C([N+](=O)[O-])=C1CCC1C2CCC2(C)C(OC3CC3)CCC12. The molecule has 0 saturated heterocycles. The topological polar surface area (TPSA) is 69.4 Å². The van der Waals surface area contributed by atoms with Crippen LogP contribution >= 0.6 is 0 Å². The van der Waals surface area contributed by atoms with Gasteiger partial charge in [0, 0.05) is 12.0 Å². The van der Waals surface area contributed by atoms with Crippen molar-refractivity contribution in [2.75, 3.05) is 0 Å². The Bertz CT molecular complexity index is 726. The lowest BCUT2D eigenvalue weighted by Gasteiger charge is -2.57. The van der Waals surface area contributed by atoms with E-state index in [4.69, 9.17) is 4.74 Å². The van der Waals surface area contributed by atoms with Crippen LogP contribution in [0.15, 0.2) is 11.3 Å². The first-order valence-electron chi connectivity index (χ1n) is 10.9. The summed E-state index contributed by atoms with van der Waals surface area (Å²) in [5, 5.41) is 11.6. The van der Waals surface area contributed by atoms with E-state index in [0.29, 0.717) is 36.4 Å². The van der Waals surface area contributed by atoms with Gasteiger partial charge in [-0.25, -0.2) is 0 Å². The smallest absolute Gasteiger partial charge is 0.311 e. The largest absolute Gasteiger partial charge is 0.374 e. The summed E-state index contributed by atoms with van der Waals surface area (Å²) >= 11 is 0. The van der Waals surface area contributed by atoms with E-state index >= 15 is 0 Å². The summed E-state index contributed by atoms with van der Waals surface area (Å²) in [6.07, 6.45) is 11.0. The van der Waals surface area contributed by atoms with E-state index in [1.54, 1.807) is 0 Å². The number of nitro groups is 1. The van der Waals surface area contributed by atoms with Crippen molar-refractivity contribution in [2.45, 2.75) is 90.3 Å². The molecule has 4 saturated carbocycles. The third-order valence-corrected chi connectivity index (χ3v) is 9.07. The number of rotatable bonds is 3. The number of carbonyl (C=O) groups excluding carboxylic acids is 1. The number of hydrogen-bond acceptors (Lipinski definition) is 4. The lowest BCUT2D eigenvalue weighted by Crippen LogP contribution is -2.52. The summed E-state index contributed by atoms with van der Waals surface area (Å²) in [4.78, 5) is 23.5. The molecule has 5 nitrogen and oxygen atoms in total. The Morgan fingerprint density at radius 1 is 1.00 bits per heavy atom. The first-order chi connectivity index (χ1) is 12.8. The third-order valence-electron chi connectivity index (χ3n) is 9.07. The van der Waals surface area contributed by atoms with Gasteiger partial charge in [-0.3, -0.25) is 14.9 Å². The molecule has 27 heavy (non-hydrogen) atoms. The molecule has 0 aromatic rings. The van der Waals surface area contributed by atoms with Crippen molar-refractivity contribution >= 4 is 5.78 Å². The van der Waals surface area contributed by atoms with Crippen molar-refractivity contribution in [1.29, 1.82) is 0 Å². The molecule has 0 bridgehead atoms. The monoisotopic (exact) mass is 373 g/mol. The summed E-state index contributed by atoms with van der Waals surface area (Å²) in [5.41, 5.74) is 0.933. The van der Waals surface area contributed by atoms with Crippen molar-refractivity contribution in [1.82, 2.24) is 0 Å². The summed E-state index contributed by atoms with van der Waals surface area (Å²) in [6, 6.07) is 0. The fraction of sp³-hybridized carbons (Fsp3) is 0.864. The molecular formula is C22H31NO4. The van der Waals surface area contributed by atoms with Crippen molar-refractivity contribution < 1.29 is 14.5 Å². The molecule has 5 rings (SSSR count). The third kappa shape index (κ3) is 2.49. The van der Waals surface area contributed by atoms with E-state index in [1.807, 2.05) is 0 Å². The fourth-order valence-corrected chi connectivity index (χ4v) is 7.51. The Balaban J connectivity index is 1.47. The van der Waals surface area contributed by atoms with Gasteiger partial charge in [-0.15, -0.1) is 0 Å². The Labute approximate surface area is 161 Å². The van der Waals surface area contributed by atoms with E-state index in [9.17, 15) is 14.9 Å². The highest BCUT2D eigenvalue weighted by atomic mass is 16.6. The minimum atomic E-state index is -0.391.